The van der Waals surface area contributed by atoms with E-state index in [-0.39, 0.29) is 18.3 Å². The number of amides is 1. The Morgan fingerprint density at radius 3 is 2.93 bits per heavy atom. The van der Waals surface area contributed by atoms with Gasteiger partial charge in [0.2, 0.25) is 5.95 Å². The van der Waals surface area contributed by atoms with Gasteiger partial charge in [0.15, 0.2) is 6.23 Å². The monoisotopic (exact) mass is 401 g/mol. The molecule has 10 nitrogen and oxygen atoms in total. The maximum atomic E-state index is 11.5. The Morgan fingerprint density at radius 2 is 2.17 bits per heavy atom. The minimum absolute atomic E-state index is 0.0933. The third-order valence-electron chi connectivity index (χ3n) is 5.23. The zero-order valence-electron chi connectivity index (χ0n) is 16.8. The molecule has 0 spiro atoms. The molecule has 10 heteroatoms. The summed E-state index contributed by atoms with van der Waals surface area (Å²) >= 11 is 0. The fourth-order valence-corrected chi connectivity index (χ4v) is 3.83. The summed E-state index contributed by atoms with van der Waals surface area (Å²) in [6.45, 7) is 3.98. The van der Waals surface area contributed by atoms with Gasteiger partial charge in [-0.05, 0) is 32.3 Å². The van der Waals surface area contributed by atoms with E-state index in [2.05, 4.69) is 25.3 Å². The van der Waals surface area contributed by atoms with Crippen LogP contribution in [0.25, 0.3) is 11.4 Å². The number of alkyl carbamates (subject to hydrolysis) is 1. The summed E-state index contributed by atoms with van der Waals surface area (Å²) in [5.41, 5.74) is 8.50. The van der Waals surface area contributed by atoms with E-state index in [1.54, 1.807) is 7.05 Å². The van der Waals surface area contributed by atoms with E-state index < -0.39 is 6.09 Å². The number of nitrogens with two attached hydrogens (primary N) is 1. The van der Waals surface area contributed by atoms with Crippen molar-refractivity contribution >= 4 is 17.9 Å². The van der Waals surface area contributed by atoms with Crippen LogP contribution in [0.4, 0.5) is 16.6 Å². The van der Waals surface area contributed by atoms with Gasteiger partial charge in [0.05, 0.1) is 23.6 Å². The van der Waals surface area contributed by atoms with Gasteiger partial charge in [0.1, 0.15) is 11.9 Å². The molecular formula is C19H27N7O3. The first kappa shape index (κ1) is 19.4. The summed E-state index contributed by atoms with van der Waals surface area (Å²) in [5, 5.41) is 7.11. The molecule has 156 valence electrons. The number of carbonyl (C=O) groups is 1. The van der Waals surface area contributed by atoms with E-state index in [0.717, 1.165) is 50.2 Å². The van der Waals surface area contributed by atoms with Crippen molar-refractivity contribution in [2.45, 2.75) is 44.9 Å². The Morgan fingerprint density at radius 1 is 1.31 bits per heavy atom. The number of aromatic nitrogens is 4. The Bertz CT molecular complexity index is 879. The summed E-state index contributed by atoms with van der Waals surface area (Å²) in [6.07, 6.45) is 3.14. The summed E-state index contributed by atoms with van der Waals surface area (Å²) in [4.78, 5) is 22.4. The molecule has 1 unspecified atom stereocenters. The Hall–Kier alpha value is -2.88. The summed E-state index contributed by atoms with van der Waals surface area (Å²) in [5.74, 6) is 0.911. The molecule has 2 aromatic rings. The smallest absolute Gasteiger partial charge is 0.407 e. The molecule has 4 heterocycles. The number of nitrogen functional groups attached to an aromatic ring is 1. The highest BCUT2D eigenvalue weighted by Crippen LogP contribution is 2.31. The molecule has 2 fully saturated rings. The van der Waals surface area contributed by atoms with Gasteiger partial charge in [-0.1, -0.05) is 0 Å². The molecule has 3 N–H and O–H groups in total. The van der Waals surface area contributed by atoms with Crippen molar-refractivity contribution in [1.29, 1.82) is 0 Å². The lowest BCUT2D eigenvalue weighted by atomic mass is 10.2. The summed E-state index contributed by atoms with van der Waals surface area (Å²) in [6, 6.07) is 3.90. The molecule has 2 aliphatic heterocycles. The number of rotatable bonds is 4. The first-order chi connectivity index (χ1) is 14.0. The number of ether oxygens (including phenoxy) is 2. The number of hydrogen-bond acceptors (Lipinski definition) is 8. The summed E-state index contributed by atoms with van der Waals surface area (Å²) < 4.78 is 13.2. The highest BCUT2D eigenvalue weighted by Gasteiger charge is 2.28. The van der Waals surface area contributed by atoms with Crippen LogP contribution in [0.5, 0.6) is 0 Å². The maximum absolute atomic E-state index is 11.5. The van der Waals surface area contributed by atoms with E-state index in [1.165, 1.54) is 0 Å². The van der Waals surface area contributed by atoms with Crippen molar-refractivity contribution < 1.29 is 14.3 Å². The minimum atomic E-state index is -0.424. The fraction of sp³-hybridized carbons (Fsp3) is 0.579. The molecule has 4 rings (SSSR count). The van der Waals surface area contributed by atoms with Gasteiger partial charge in [-0.3, -0.25) is 0 Å². The zero-order chi connectivity index (χ0) is 20.4. The predicted octanol–water partition coefficient (Wildman–Crippen LogP) is 1.86. The van der Waals surface area contributed by atoms with Crippen molar-refractivity contribution in [1.82, 2.24) is 25.1 Å². The highest BCUT2D eigenvalue weighted by molar-refractivity contribution is 5.67. The van der Waals surface area contributed by atoms with E-state index >= 15 is 0 Å². The number of carbonyl (C=O) groups excluding carboxylic acids is 1. The number of aryl methyl sites for hydroxylation is 1. The first-order valence-electron chi connectivity index (χ1n) is 9.99. The van der Waals surface area contributed by atoms with Gasteiger partial charge < -0.3 is 25.4 Å². The Balaban J connectivity index is 1.59. The van der Waals surface area contributed by atoms with Crippen LogP contribution >= 0.6 is 0 Å². The second-order valence-electron chi connectivity index (χ2n) is 7.42. The number of hydrogen-bond donors (Lipinski definition) is 2. The average Bonchev–Trinajstić information content (AvgIpc) is 3.35. The number of nitrogens with one attached hydrogen (secondary N) is 1. The third kappa shape index (κ3) is 4.26. The maximum Gasteiger partial charge on any atom is 0.407 e. The van der Waals surface area contributed by atoms with Crippen molar-refractivity contribution in [2.24, 2.45) is 0 Å². The lowest BCUT2D eigenvalue weighted by Gasteiger charge is -2.24. The van der Waals surface area contributed by atoms with Gasteiger partial charge in [0, 0.05) is 32.7 Å². The molecule has 0 aliphatic carbocycles. The minimum Gasteiger partial charge on any atom is -0.444 e. The van der Waals surface area contributed by atoms with E-state index in [0.29, 0.717) is 18.1 Å². The molecule has 0 saturated carbocycles. The fourth-order valence-electron chi connectivity index (χ4n) is 3.83. The van der Waals surface area contributed by atoms with Crippen molar-refractivity contribution in [3.8, 4) is 11.4 Å². The SMILES string of the molecule is CNC(=O)O[C@@H]1CCN(c2cc(-c3cc(C)nn3C3CCCCO3)nc(N)n2)C1. The van der Waals surface area contributed by atoms with Gasteiger partial charge in [-0.25, -0.2) is 14.5 Å². The van der Waals surface area contributed by atoms with E-state index in [1.807, 2.05) is 23.7 Å². The first-order valence-corrected chi connectivity index (χ1v) is 9.99. The molecule has 0 aromatic carbocycles. The van der Waals surface area contributed by atoms with Gasteiger partial charge in [-0.2, -0.15) is 10.1 Å². The van der Waals surface area contributed by atoms with Crippen molar-refractivity contribution in [3.63, 3.8) is 0 Å². The zero-order valence-corrected chi connectivity index (χ0v) is 16.8. The second kappa shape index (κ2) is 8.24. The molecule has 0 radical (unpaired) electrons. The largest absolute Gasteiger partial charge is 0.444 e. The molecule has 2 atom stereocenters. The summed E-state index contributed by atoms with van der Waals surface area (Å²) in [7, 11) is 1.55. The standard InChI is InChI=1S/C19H27N7O3/c1-12-9-15(26(24-12)17-5-3-4-8-28-17)14-10-16(23-18(20)22-14)25-7-6-13(11-25)29-19(27)21-2/h9-10,13,17H,3-8,11H2,1-2H3,(H,21,27)(H2,20,22,23)/t13-,17?/m1/s1. The van der Waals surface area contributed by atoms with Gasteiger partial charge in [-0.15, -0.1) is 0 Å². The molecule has 2 aromatic heterocycles. The lowest BCUT2D eigenvalue weighted by molar-refractivity contribution is -0.0385. The lowest BCUT2D eigenvalue weighted by Crippen LogP contribution is -2.29. The van der Waals surface area contributed by atoms with Crippen molar-refractivity contribution in [3.05, 3.63) is 17.8 Å². The Kier molecular flexibility index (Phi) is 5.52. The van der Waals surface area contributed by atoms with Crippen molar-refractivity contribution in [2.75, 3.05) is 37.4 Å². The topological polar surface area (TPSA) is 120 Å². The van der Waals surface area contributed by atoms with E-state index in [9.17, 15) is 4.79 Å². The second-order valence-corrected chi connectivity index (χ2v) is 7.42. The van der Waals surface area contributed by atoms with Crippen LogP contribution in [-0.4, -0.2) is 58.7 Å². The van der Waals surface area contributed by atoms with E-state index in [4.69, 9.17) is 15.2 Å². The molecule has 2 aliphatic rings. The van der Waals surface area contributed by atoms with Gasteiger partial charge in [0.25, 0.3) is 0 Å². The normalized spacial score (nSPS) is 21.9. The quantitative estimate of drug-likeness (QED) is 0.796. The molecule has 2 saturated heterocycles. The van der Waals surface area contributed by atoms with Crippen LogP contribution < -0.4 is 16.0 Å². The molecule has 1 amide bonds. The van der Waals surface area contributed by atoms with Gasteiger partial charge >= 0.3 is 6.09 Å². The van der Waals surface area contributed by atoms with Crippen LogP contribution in [0.15, 0.2) is 12.1 Å². The van der Waals surface area contributed by atoms with Crippen LogP contribution in [0.3, 0.4) is 0 Å². The Labute approximate surface area is 169 Å². The average molecular weight is 401 g/mol. The predicted molar refractivity (Wildman–Crippen MR) is 107 cm³/mol. The van der Waals surface area contributed by atoms with Crippen LogP contribution in [0, 0.1) is 6.92 Å². The molecular weight excluding hydrogens is 374 g/mol. The van der Waals surface area contributed by atoms with Crippen LogP contribution in [0.1, 0.15) is 37.6 Å². The van der Waals surface area contributed by atoms with Crippen LogP contribution in [-0.2, 0) is 9.47 Å². The molecule has 0 bridgehead atoms. The number of anilines is 2. The molecule has 29 heavy (non-hydrogen) atoms. The third-order valence-corrected chi connectivity index (χ3v) is 5.23. The van der Waals surface area contributed by atoms with Crippen LogP contribution in [0.2, 0.25) is 0 Å². The highest BCUT2D eigenvalue weighted by atomic mass is 16.6. The number of nitrogens with zero attached hydrogens (tertiary/aromatic N) is 5.